The molecule has 2 rings (SSSR count). The molecule has 0 aliphatic heterocycles. The summed E-state index contributed by atoms with van der Waals surface area (Å²) in [6, 6.07) is 7.96. The van der Waals surface area contributed by atoms with Gasteiger partial charge in [0.15, 0.2) is 0 Å². The predicted octanol–water partition coefficient (Wildman–Crippen LogP) is 2.28. The zero-order valence-electron chi connectivity index (χ0n) is 9.64. The van der Waals surface area contributed by atoms with Gasteiger partial charge in [-0.1, -0.05) is 23.7 Å². The predicted molar refractivity (Wildman–Crippen MR) is 70.1 cm³/mol. The first kappa shape index (κ1) is 12.1. The molecule has 0 aliphatic carbocycles. The Kier molecular flexibility index (Phi) is 4.18. The standard InChI is InChI=1S/C13H16ClN3/c14-12-3-1-11(2-4-12)6-8-17-10-16-9-13(17)5-7-15/h1-4,9-10H,5-8,15H2. The van der Waals surface area contributed by atoms with Gasteiger partial charge in [0.05, 0.1) is 6.33 Å². The first-order chi connectivity index (χ1) is 8.29. The van der Waals surface area contributed by atoms with E-state index in [4.69, 9.17) is 17.3 Å². The van der Waals surface area contributed by atoms with E-state index in [1.54, 1.807) is 0 Å². The highest BCUT2D eigenvalue weighted by Gasteiger charge is 2.01. The van der Waals surface area contributed by atoms with E-state index >= 15 is 0 Å². The molecule has 0 saturated heterocycles. The molecule has 0 bridgehead atoms. The van der Waals surface area contributed by atoms with Gasteiger partial charge in [-0.15, -0.1) is 0 Å². The number of imidazole rings is 1. The van der Waals surface area contributed by atoms with E-state index in [1.165, 1.54) is 11.3 Å². The third kappa shape index (κ3) is 3.32. The van der Waals surface area contributed by atoms with Gasteiger partial charge in [0, 0.05) is 29.9 Å². The van der Waals surface area contributed by atoms with Crippen molar-refractivity contribution in [1.82, 2.24) is 9.55 Å². The van der Waals surface area contributed by atoms with Crippen LogP contribution in [-0.2, 0) is 19.4 Å². The van der Waals surface area contributed by atoms with Crippen molar-refractivity contribution in [3.63, 3.8) is 0 Å². The molecule has 1 aromatic carbocycles. The largest absolute Gasteiger partial charge is 0.334 e. The van der Waals surface area contributed by atoms with Crippen LogP contribution in [0.2, 0.25) is 5.02 Å². The van der Waals surface area contributed by atoms with Gasteiger partial charge in [-0.3, -0.25) is 0 Å². The van der Waals surface area contributed by atoms with Crippen LogP contribution in [0.3, 0.4) is 0 Å². The van der Waals surface area contributed by atoms with E-state index in [-0.39, 0.29) is 0 Å². The molecule has 0 amide bonds. The van der Waals surface area contributed by atoms with Crippen LogP contribution in [0.25, 0.3) is 0 Å². The monoisotopic (exact) mass is 249 g/mol. The summed E-state index contributed by atoms with van der Waals surface area (Å²) >= 11 is 5.85. The number of hydrogen-bond donors (Lipinski definition) is 1. The molecule has 0 fully saturated rings. The van der Waals surface area contributed by atoms with Gasteiger partial charge in [-0.05, 0) is 30.7 Å². The summed E-state index contributed by atoms with van der Waals surface area (Å²) in [6.07, 6.45) is 5.60. The Hall–Kier alpha value is -1.32. The summed E-state index contributed by atoms with van der Waals surface area (Å²) in [5.74, 6) is 0. The summed E-state index contributed by atoms with van der Waals surface area (Å²) in [5, 5.41) is 0.778. The second-order valence-electron chi connectivity index (χ2n) is 3.99. The minimum atomic E-state index is 0.659. The molecule has 0 spiro atoms. The normalized spacial score (nSPS) is 10.7. The van der Waals surface area contributed by atoms with Gasteiger partial charge in [0.25, 0.3) is 0 Å². The first-order valence-electron chi connectivity index (χ1n) is 5.73. The van der Waals surface area contributed by atoms with Crippen molar-refractivity contribution >= 4 is 11.6 Å². The van der Waals surface area contributed by atoms with Crippen molar-refractivity contribution < 1.29 is 0 Å². The zero-order chi connectivity index (χ0) is 12.1. The quantitative estimate of drug-likeness (QED) is 0.884. The van der Waals surface area contributed by atoms with Crippen molar-refractivity contribution in [2.24, 2.45) is 5.73 Å². The van der Waals surface area contributed by atoms with Crippen molar-refractivity contribution in [2.75, 3.05) is 6.54 Å². The molecular formula is C13H16ClN3. The fourth-order valence-corrected chi connectivity index (χ4v) is 1.93. The van der Waals surface area contributed by atoms with Crippen LogP contribution in [0, 0.1) is 0 Å². The Balaban J connectivity index is 1.97. The van der Waals surface area contributed by atoms with Gasteiger partial charge in [0.2, 0.25) is 0 Å². The summed E-state index contributed by atoms with van der Waals surface area (Å²) in [4.78, 5) is 4.15. The average molecular weight is 250 g/mol. The Morgan fingerprint density at radius 2 is 1.94 bits per heavy atom. The van der Waals surface area contributed by atoms with E-state index in [0.717, 1.165) is 24.4 Å². The van der Waals surface area contributed by atoms with Crippen LogP contribution < -0.4 is 5.73 Å². The molecule has 2 aromatic rings. The lowest BCUT2D eigenvalue weighted by atomic mass is 10.1. The Morgan fingerprint density at radius 3 is 2.65 bits per heavy atom. The second-order valence-corrected chi connectivity index (χ2v) is 4.43. The maximum Gasteiger partial charge on any atom is 0.0948 e. The van der Waals surface area contributed by atoms with Crippen LogP contribution in [0.4, 0.5) is 0 Å². The van der Waals surface area contributed by atoms with Gasteiger partial charge in [-0.25, -0.2) is 4.98 Å². The topological polar surface area (TPSA) is 43.8 Å². The molecule has 3 nitrogen and oxygen atoms in total. The Labute approximate surface area is 106 Å². The Bertz CT molecular complexity index is 462. The zero-order valence-corrected chi connectivity index (χ0v) is 10.4. The molecule has 0 atom stereocenters. The summed E-state index contributed by atoms with van der Waals surface area (Å²) in [7, 11) is 0. The third-order valence-corrected chi connectivity index (χ3v) is 3.01. The van der Waals surface area contributed by atoms with Crippen LogP contribution in [0.1, 0.15) is 11.3 Å². The fourth-order valence-electron chi connectivity index (χ4n) is 1.81. The number of nitrogens with zero attached hydrogens (tertiary/aromatic N) is 2. The van der Waals surface area contributed by atoms with Gasteiger partial charge < -0.3 is 10.3 Å². The summed E-state index contributed by atoms with van der Waals surface area (Å²) in [6.45, 7) is 1.59. The minimum absolute atomic E-state index is 0.659. The molecule has 0 unspecified atom stereocenters. The van der Waals surface area contributed by atoms with Crippen LogP contribution in [-0.4, -0.2) is 16.1 Å². The molecule has 1 heterocycles. The lowest BCUT2D eigenvalue weighted by Gasteiger charge is -2.07. The number of benzene rings is 1. The molecule has 0 aliphatic rings. The van der Waals surface area contributed by atoms with Crippen molar-refractivity contribution in [1.29, 1.82) is 0 Å². The summed E-state index contributed by atoms with van der Waals surface area (Å²) in [5.41, 5.74) is 8.03. The van der Waals surface area contributed by atoms with Gasteiger partial charge >= 0.3 is 0 Å². The summed E-state index contributed by atoms with van der Waals surface area (Å²) < 4.78 is 2.15. The number of rotatable bonds is 5. The maximum atomic E-state index is 5.85. The van der Waals surface area contributed by atoms with E-state index in [0.29, 0.717) is 6.54 Å². The molecular weight excluding hydrogens is 234 g/mol. The number of halogens is 1. The number of nitrogens with two attached hydrogens (primary N) is 1. The molecule has 4 heteroatoms. The molecule has 0 radical (unpaired) electrons. The van der Waals surface area contributed by atoms with Crippen molar-refractivity contribution in [2.45, 2.75) is 19.4 Å². The number of aryl methyl sites for hydroxylation is 2. The van der Waals surface area contributed by atoms with E-state index in [9.17, 15) is 0 Å². The van der Waals surface area contributed by atoms with Crippen molar-refractivity contribution in [3.8, 4) is 0 Å². The lowest BCUT2D eigenvalue weighted by Crippen LogP contribution is -2.09. The highest BCUT2D eigenvalue weighted by molar-refractivity contribution is 6.30. The average Bonchev–Trinajstić information content (AvgIpc) is 2.77. The number of aromatic nitrogens is 2. The highest BCUT2D eigenvalue weighted by atomic mass is 35.5. The van der Waals surface area contributed by atoms with E-state index in [2.05, 4.69) is 21.7 Å². The molecule has 0 saturated carbocycles. The lowest BCUT2D eigenvalue weighted by molar-refractivity contribution is 0.658. The van der Waals surface area contributed by atoms with Crippen LogP contribution in [0.5, 0.6) is 0 Å². The van der Waals surface area contributed by atoms with Crippen LogP contribution in [0.15, 0.2) is 36.8 Å². The molecule has 17 heavy (non-hydrogen) atoms. The number of hydrogen-bond acceptors (Lipinski definition) is 2. The van der Waals surface area contributed by atoms with E-state index < -0.39 is 0 Å². The van der Waals surface area contributed by atoms with Gasteiger partial charge in [-0.2, -0.15) is 0 Å². The molecule has 90 valence electrons. The smallest absolute Gasteiger partial charge is 0.0948 e. The van der Waals surface area contributed by atoms with Crippen molar-refractivity contribution in [3.05, 3.63) is 53.1 Å². The van der Waals surface area contributed by atoms with Gasteiger partial charge in [0.1, 0.15) is 0 Å². The third-order valence-electron chi connectivity index (χ3n) is 2.75. The second kappa shape index (κ2) is 5.84. The van der Waals surface area contributed by atoms with Crippen LogP contribution >= 0.6 is 11.6 Å². The minimum Gasteiger partial charge on any atom is -0.334 e. The highest BCUT2D eigenvalue weighted by Crippen LogP contribution is 2.11. The fraction of sp³-hybridized carbons (Fsp3) is 0.308. The maximum absolute atomic E-state index is 5.85. The molecule has 2 N–H and O–H groups in total. The SMILES string of the molecule is NCCc1cncn1CCc1ccc(Cl)cc1. The van der Waals surface area contributed by atoms with E-state index in [1.807, 2.05) is 24.7 Å². The first-order valence-corrected chi connectivity index (χ1v) is 6.11. The molecule has 1 aromatic heterocycles. The Morgan fingerprint density at radius 1 is 1.18 bits per heavy atom.